The molecule has 86 valence electrons. The Morgan fingerprint density at radius 3 is 2.62 bits per heavy atom. The van der Waals surface area contributed by atoms with Gasteiger partial charge < -0.3 is 4.90 Å². The van der Waals surface area contributed by atoms with E-state index in [9.17, 15) is 0 Å². The molecule has 0 radical (unpaired) electrons. The molecule has 0 fully saturated rings. The first-order valence-electron chi connectivity index (χ1n) is 5.75. The van der Waals surface area contributed by atoms with Crippen LogP contribution in [0.4, 0.5) is 5.69 Å². The minimum Gasteiger partial charge on any atom is -0.373 e. The topological polar surface area (TPSA) is 27.0 Å². The van der Waals surface area contributed by atoms with Gasteiger partial charge in [-0.2, -0.15) is 5.26 Å². The maximum Gasteiger partial charge on any atom is 0.0640 e. The second-order valence-corrected chi connectivity index (χ2v) is 4.53. The van der Waals surface area contributed by atoms with Crippen molar-refractivity contribution in [1.82, 2.24) is 0 Å². The fourth-order valence-electron chi connectivity index (χ4n) is 1.73. The second kappa shape index (κ2) is 5.55. The SMILES string of the molecule is Cc1ccc(C(C)C)cc1N(C)CCC#N. The van der Waals surface area contributed by atoms with Crippen molar-refractivity contribution >= 4 is 5.69 Å². The van der Waals surface area contributed by atoms with Crippen LogP contribution in [0.5, 0.6) is 0 Å². The molecular weight excluding hydrogens is 196 g/mol. The summed E-state index contributed by atoms with van der Waals surface area (Å²) in [5.74, 6) is 0.545. The van der Waals surface area contributed by atoms with Gasteiger partial charge >= 0.3 is 0 Å². The third-order valence-corrected chi connectivity index (χ3v) is 2.87. The van der Waals surface area contributed by atoms with Gasteiger partial charge in [0.15, 0.2) is 0 Å². The lowest BCUT2D eigenvalue weighted by Gasteiger charge is -2.21. The van der Waals surface area contributed by atoms with Crippen LogP contribution in [-0.4, -0.2) is 13.6 Å². The van der Waals surface area contributed by atoms with E-state index in [4.69, 9.17) is 5.26 Å². The van der Waals surface area contributed by atoms with Crippen molar-refractivity contribution in [3.05, 3.63) is 29.3 Å². The molecule has 0 aliphatic heterocycles. The van der Waals surface area contributed by atoms with Gasteiger partial charge in [0, 0.05) is 19.3 Å². The number of rotatable bonds is 4. The van der Waals surface area contributed by atoms with Crippen molar-refractivity contribution in [3.63, 3.8) is 0 Å². The maximum absolute atomic E-state index is 8.60. The maximum atomic E-state index is 8.60. The molecule has 0 aliphatic rings. The molecule has 1 aromatic carbocycles. The number of benzene rings is 1. The van der Waals surface area contributed by atoms with Gasteiger partial charge in [0.25, 0.3) is 0 Å². The highest BCUT2D eigenvalue weighted by Gasteiger charge is 2.07. The van der Waals surface area contributed by atoms with Crippen LogP contribution in [0.3, 0.4) is 0 Å². The van der Waals surface area contributed by atoms with Crippen LogP contribution in [0, 0.1) is 18.3 Å². The number of hydrogen-bond donors (Lipinski definition) is 0. The third-order valence-electron chi connectivity index (χ3n) is 2.87. The molecule has 0 bridgehead atoms. The normalized spacial score (nSPS) is 10.2. The van der Waals surface area contributed by atoms with E-state index < -0.39 is 0 Å². The standard InChI is InChI=1S/C14H20N2/c1-11(2)13-7-6-12(3)14(10-13)16(4)9-5-8-15/h6-7,10-11H,5,9H2,1-4H3. The van der Waals surface area contributed by atoms with E-state index in [-0.39, 0.29) is 0 Å². The van der Waals surface area contributed by atoms with Crippen molar-refractivity contribution in [3.8, 4) is 6.07 Å². The average molecular weight is 216 g/mol. The first kappa shape index (κ1) is 12.6. The van der Waals surface area contributed by atoms with Crippen molar-refractivity contribution < 1.29 is 0 Å². The molecule has 1 aromatic rings. The summed E-state index contributed by atoms with van der Waals surface area (Å²) in [4.78, 5) is 2.16. The fourth-order valence-corrected chi connectivity index (χ4v) is 1.73. The highest BCUT2D eigenvalue weighted by Crippen LogP contribution is 2.24. The molecule has 0 aromatic heterocycles. The Kier molecular flexibility index (Phi) is 4.37. The van der Waals surface area contributed by atoms with Crippen LogP contribution in [0.25, 0.3) is 0 Å². The number of anilines is 1. The first-order valence-corrected chi connectivity index (χ1v) is 5.75. The van der Waals surface area contributed by atoms with E-state index in [1.165, 1.54) is 16.8 Å². The van der Waals surface area contributed by atoms with Crippen LogP contribution in [0.1, 0.15) is 37.3 Å². The van der Waals surface area contributed by atoms with Gasteiger partial charge in [-0.25, -0.2) is 0 Å². The molecule has 0 N–H and O–H groups in total. The lowest BCUT2D eigenvalue weighted by molar-refractivity contribution is 0.855. The molecule has 0 spiro atoms. The largest absolute Gasteiger partial charge is 0.373 e. The van der Waals surface area contributed by atoms with E-state index in [1.807, 2.05) is 7.05 Å². The van der Waals surface area contributed by atoms with Crippen LogP contribution in [-0.2, 0) is 0 Å². The molecule has 0 unspecified atom stereocenters. The zero-order valence-corrected chi connectivity index (χ0v) is 10.6. The highest BCUT2D eigenvalue weighted by molar-refractivity contribution is 5.55. The summed E-state index contributed by atoms with van der Waals surface area (Å²) in [6, 6.07) is 8.76. The summed E-state index contributed by atoms with van der Waals surface area (Å²) in [5.41, 5.74) is 3.86. The van der Waals surface area contributed by atoms with Gasteiger partial charge in [-0.1, -0.05) is 26.0 Å². The number of hydrogen-bond acceptors (Lipinski definition) is 2. The molecule has 0 saturated carbocycles. The minimum absolute atomic E-state index is 0.545. The Balaban J connectivity index is 2.93. The van der Waals surface area contributed by atoms with Crippen LogP contribution in [0.2, 0.25) is 0 Å². The summed E-state index contributed by atoms with van der Waals surface area (Å²) in [6.07, 6.45) is 0.571. The molecule has 1 rings (SSSR count). The van der Waals surface area contributed by atoms with Gasteiger partial charge in [-0.3, -0.25) is 0 Å². The molecule has 0 atom stereocenters. The molecule has 2 nitrogen and oxygen atoms in total. The Bertz CT molecular complexity index is 388. The molecule has 16 heavy (non-hydrogen) atoms. The lowest BCUT2D eigenvalue weighted by Crippen LogP contribution is -2.19. The summed E-state index contributed by atoms with van der Waals surface area (Å²) in [5, 5.41) is 8.60. The van der Waals surface area contributed by atoms with Gasteiger partial charge in [0.2, 0.25) is 0 Å². The number of nitrogens with zero attached hydrogens (tertiary/aromatic N) is 2. The summed E-state index contributed by atoms with van der Waals surface area (Å²) < 4.78 is 0. The third kappa shape index (κ3) is 3.00. The fraction of sp³-hybridized carbons (Fsp3) is 0.500. The zero-order chi connectivity index (χ0) is 12.1. The summed E-state index contributed by atoms with van der Waals surface area (Å²) >= 11 is 0. The first-order chi connectivity index (χ1) is 7.56. The van der Waals surface area contributed by atoms with Crippen molar-refractivity contribution in [2.75, 3.05) is 18.5 Å². The van der Waals surface area contributed by atoms with Gasteiger partial charge in [0.1, 0.15) is 0 Å². The predicted molar refractivity (Wildman–Crippen MR) is 68.8 cm³/mol. The predicted octanol–water partition coefficient (Wildman–Crippen LogP) is 3.47. The molecule has 2 heteroatoms. The number of nitriles is 1. The van der Waals surface area contributed by atoms with E-state index in [2.05, 4.69) is 49.9 Å². The minimum atomic E-state index is 0.545. The molecule has 0 saturated heterocycles. The van der Waals surface area contributed by atoms with Crippen molar-refractivity contribution in [2.24, 2.45) is 0 Å². The summed E-state index contributed by atoms with van der Waals surface area (Å²) in [7, 11) is 2.05. The Morgan fingerprint density at radius 2 is 2.06 bits per heavy atom. The zero-order valence-electron chi connectivity index (χ0n) is 10.6. The lowest BCUT2D eigenvalue weighted by atomic mass is 10.0. The Morgan fingerprint density at radius 1 is 1.38 bits per heavy atom. The quantitative estimate of drug-likeness (QED) is 0.770. The van der Waals surface area contributed by atoms with Crippen LogP contribution in [0.15, 0.2) is 18.2 Å². The monoisotopic (exact) mass is 216 g/mol. The van der Waals surface area contributed by atoms with E-state index in [0.717, 1.165) is 6.54 Å². The number of aryl methyl sites for hydroxylation is 1. The Labute approximate surface area is 98.5 Å². The van der Waals surface area contributed by atoms with Crippen molar-refractivity contribution in [2.45, 2.75) is 33.1 Å². The van der Waals surface area contributed by atoms with E-state index in [1.54, 1.807) is 0 Å². The smallest absolute Gasteiger partial charge is 0.0640 e. The van der Waals surface area contributed by atoms with E-state index >= 15 is 0 Å². The van der Waals surface area contributed by atoms with Crippen LogP contribution < -0.4 is 4.90 Å². The van der Waals surface area contributed by atoms with Crippen LogP contribution >= 0.6 is 0 Å². The van der Waals surface area contributed by atoms with Crippen molar-refractivity contribution in [1.29, 1.82) is 5.26 Å². The molecule has 0 heterocycles. The summed E-state index contributed by atoms with van der Waals surface area (Å²) in [6.45, 7) is 7.30. The highest BCUT2D eigenvalue weighted by atomic mass is 15.1. The molecule has 0 amide bonds. The van der Waals surface area contributed by atoms with E-state index in [0.29, 0.717) is 12.3 Å². The Hall–Kier alpha value is -1.49. The van der Waals surface area contributed by atoms with Gasteiger partial charge in [-0.05, 0) is 30.0 Å². The molecular formula is C14H20N2. The van der Waals surface area contributed by atoms with Gasteiger partial charge in [0.05, 0.1) is 12.5 Å². The molecule has 0 aliphatic carbocycles. The second-order valence-electron chi connectivity index (χ2n) is 4.53. The average Bonchev–Trinajstić information content (AvgIpc) is 2.26. The van der Waals surface area contributed by atoms with Gasteiger partial charge in [-0.15, -0.1) is 0 Å².